The van der Waals surface area contributed by atoms with Crippen LogP contribution in [0, 0.1) is 0 Å². The topological polar surface area (TPSA) is 80.5 Å². The Hall–Kier alpha value is -2.26. The lowest BCUT2D eigenvalue weighted by atomic mass is 10.1. The van der Waals surface area contributed by atoms with Crippen LogP contribution < -0.4 is 5.06 Å². The van der Waals surface area contributed by atoms with Gasteiger partial charge in [0.1, 0.15) is 5.03 Å². The van der Waals surface area contributed by atoms with Crippen molar-refractivity contribution in [1.82, 2.24) is 14.5 Å². The predicted molar refractivity (Wildman–Crippen MR) is 118 cm³/mol. The molecule has 0 unspecified atom stereocenters. The number of carbonyl (C=O) groups is 1. The van der Waals surface area contributed by atoms with Crippen molar-refractivity contribution in [2.24, 2.45) is 0 Å². The van der Waals surface area contributed by atoms with Crippen LogP contribution in [0.3, 0.4) is 0 Å². The maximum atomic E-state index is 11.8. The molecular weight excluding hydrogens is 447 g/mol. The molecule has 3 rings (SSSR count). The van der Waals surface area contributed by atoms with Crippen LogP contribution in [0.15, 0.2) is 52.6 Å². The Labute approximate surface area is 188 Å². The molecule has 0 spiro atoms. The van der Waals surface area contributed by atoms with Crippen molar-refractivity contribution in [1.29, 1.82) is 0 Å². The van der Waals surface area contributed by atoms with Crippen LogP contribution in [-0.2, 0) is 11.4 Å². The van der Waals surface area contributed by atoms with Gasteiger partial charge >= 0.3 is 6.09 Å². The molecule has 0 atom stereocenters. The van der Waals surface area contributed by atoms with Gasteiger partial charge in [-0.25, -0.2) is 9.78 Å². The molecule has 158 valence electrons. The Morgan fingerprint density at radius 2 is 1.87 bits per heavy atom. The predicted octanol–water partition coefficient (Wildman–Crippen LogP) is 5.95. The Bertz CT molecular complexity index is 1020. The number of rotatable bonds is 7. The van der Waals surface area contributed by atoms with E-state index in [1.165, 1.54) is 18.9 Å². The highest BCUT2D eigenvalue weighted by Crippen LogP contribution is 2.39. The lowest BCUT2D eigenvalue weighted by Gasteiger charge is -2.18. The smallest absolute Gasteiger partial charge is 0.439 e. The maximum absolute atomic E-state index is 11.8. The van der Waals surface area contributed by atoms with E-state index in [1.54, 1.807) is 30.6 Å². The van der Waals surface area contributed by atoms with Gasteiger partial charge in [-0.1, -0.05) is 48.8 Å². The molecular formula is C20H20Cl2N4O3S. The van der Waals surface area contributed by atoms with Crippen LogP contribution >= 0.6 is 35.0 Å². The van der Waals surface area contributed by atoms with Gasteiger partial charge in [0.25, 0.3) is 0 Å². The van der Waals surface area contributed by atoms with Gasteiger partial charge in [0.05, 0.1) is 19.3 Å². The van der Waals surface area contributed by atoms with E-state index in [9.17, 15) is 9.90 Å². The minimum absolute atomic E-state index is 0.0343. The Balaban J connectivity index is 2.18. The van der Waals surface area contributed by atoms with Gasteiger partial charge < -0.3 is 5.11 Å². The number of hydrogen-bond donors (Lipinski definition) is 1. The fraction of sp³-hybridized carbons (Fsp3) is 0.250. The van der Waals surface area contributed by atoms with Crippen LogP contribution in [0.2, 0.25) is 10.0 Å². The number of imidazole rings is 1. The molecule has 0 bridgehead atoms. The van der Waals surface area contributed by atoms with Gasteiger partial charge in [-0.15, -0.1) is 5.06 Å². The third-order valence-electron chi connectivity index (χ3n) is 4.15. The van der Waals surface area contributed by atoms with E-state index in [-0.39, 0.29) is 11.9 Å². The molecule has 10 heteroatoms. The van der Waals surface area contributed by atoms with Crippen LogP contribution in [0.1, 0.15) is 31.0 Å². The molecule has 1 aromatic carbocycles. The number of benzene rings is 1. The summed E-state index contributed by atoms with van der Waals surface area (Å²) in [7, 11) is 1.29. The highest BCUT2D eigenvalue weighted by molar-refractivity contribution is 7.99. The van der Waals surface area contributed by atoms with E-state index in [2.05, 4.69) is 9.97 Å². The fourth-order valence-corrected chi connectivity index (χ4v) is 4.73. The van der Waals surface area contributed by atoms with Crippen molar-refractivity contribution in [2.45, 2.75) is 36.2 Å². The summed E-state index contributed by atoms with van der Waals surface area (Å²) in [5.41, 5.74) is 1.68. The highest BCUT2D eigenvalue weighted by Gasteiger charge is 2.28. The monoisotopic (exact) mass is 466 g/mol. The van der Waals surface area contributed by atoms with Crippen molar-refractivity contribution in [2.75, 3.05) is 12.2 Å². The zero-order valence-corrected chi connectivity index (χ0v) is 18.9. The lowest BCUT2D eigenvalue weighted by Crippen LogP contribution is -2.31. The van der Waals surface area contributed by atoms with Gasteiger partial charge in [-0.05, 0) is 41.8 Å². The average molecular weight is 467 g/mol. The number of hydroxylamine groups is 1. The molecule has 7 nitrogen and oxygen atoms in total. The lowest BCUT2D eigenvalue weighted by molar-refractivity contribution is 0.126. The first-order chi connectivity index (χ1) is 14.3. The third-order valence-corrected chi connectivity index (χ3v) is 5.68. The zero-order chi connectivity index (χ0) is 21.8. The molecule has 0 aliphatic heterocycles. The molecule has 1 amide bonds. The number of amides is 1. The minimum Gasteiger partial charge on any atom is -0.463 e. The molecule has 0 radical (unpaired) electrons. The first-order valence-electron chi connectivity index (χ1n) is 9.00. The summed E-state index contributed by atoms with van der Waals surface area (Å²) in [5.74, 6) is 0.202. The van der Waals surface area contributed by atoms with E-state index in [1.807, 2.05) is 30.5 Å². The first kappa shape index (κ1) is 22.4. The van der Waals surface area contributed by atoms with E-state index in [0.29, 0.717) is 16.6 Å². The molecule has 0 saturated carbocycles. The van der Waals surface area contributed by atoms with Gasteiger partial charge in [0, 0.05) is 27.3 Å². The summed E-state index contributed by atoms with van der Waals surface area (Å²) in [6, 6.07) is 8.99. The number of carboxylic acid groups (broad SMARTS) is 1. The average Bonchev–Trinajstić information content (AvgIpc) is 3.00. The van der Waals surface area contributed by atoms with E-state index in [0.717, 1.165) is 26.2 Å². The first-order valence-corrected chi connectivity index (χ1v) is 10.6. The van der Waals surface area contributed by atoms with E-state index < -0.39 is 6.09 Å². The highest BCUT2D eigenvalue weighted by atomic mass is 35.5. The molecule has 30 heavy (non-hydrogen) atoms. The van der Waals surface area contributed by atoms with E-state index in [4.69, 9.17) is 28.0 Å². The number of halogens is 2. The standard InChI is InChI=1S/C20H20Cl2N4O3S/c1-12(2)17-18(30-16-9-14(21)8-15(22)10-16)25(11-13-4-6-23-7-5-13)19(24-17)26(29-3)20(27)28/h4-10,12H,11H2,1-3H3,(H,27,28). The van der Waals surface area contributed by atoms with Gasteiger partial charge in [0.2, 0.25) is 5.95 Å². The third kappa shape index (κ3) is 5.07. The van der Waals surface area contributed by atoms with Crippen LogP contribution in [-0.4, -0.2) is 32.8 Å². The van der Waals surface area contributed by atoms with Crippen molar-refractivity contribution in [3.05, 3.63) is 64.0 Å². The maximum Gasteiger partial charge on any atom is 0.439 e. The molecule has 2 aromatic heterocycles. The van der Waals surface area contributed by atoms with Gasteiger partial charge in [0.15, 0.2) is 0 Å². The Morgan fingerprint density at radius 1 is 1.23 bits per heavy atom. The molecule has 1 N–H and O–H groups in total. The number of hydrogen-bond acceptors (Lipinski definition) is 5. The molecule has 2 heterocycles. The second-order valence-corrected chi connectivity index (χ2v) is 8.60. The van der Waals surface area contributed by atoms with Crippen molar-refractivity contribution < 1.29 is 14.7 Å². The summed E-state index contributed by atoms with van der Waals surface area (Å²) in [6.07, 6.45) is 2.10. The molecule has 3 aromatic rings. The summed E-state index contributed by atoms with van der Waals surface area (Å²) in [5, 5.41) is 12.2. The fourth-order valence-electron chi connectivity index (χ4n) is 2.84. The van der Waals surface area contributed by atoms with E-state index >= 15 is 0 Å². The summed E-state index contributed by atoms with van der Waals surface area (Å²) < 4.78 is 1.81. The number of anilines is 1. The van der Waals surface area contributed by atoms with Crippen LogP contribution in [0.25, 0.3) is 0 Å². The normalized spacial score (nSPS) is 11.1. The molecule has 0 saturated heterocycles. The Morgan fingerprint density at radius 3 is 2.40 bits per heavy atom. The van der Waals surface area contributed by atoms with Crippen LogP contribution in [0.4, 0.5) is 10.7 Å². The molecule has 0 aliphatic carbocycles. The molecule has 0 aliphatic rings. The summed E-state index contributed by atoms with van der Waals surface area (Å²) in [4.78, 5) is 26.3. The number of aromatic nitrogens is 3. The van der Waals surface area contributed by atoms with Crippen molar-refractivity contribution in [3.8, 4) is 0 Å². The number of pyridine rings is 1. The second-order valence-electron chi connectivity index (χ2n) is 6.67. The summed E-state index contributed by atoms with van der Waals surface area (Å²) >= 11 is 13.8. The summed E-state index contributed by atoms with van der Waals surface area (Å²) in [6.45, 7) is 4.37. The largest absolute Gasteiger partial charge is 0.463 e. The van der Waals surface area contributed by atoms with Crippen molar-refractivity contribution >= 4 is 47.0 Å². The Kier molecular flexibility index (Phi) is 7.25. The quantitative estimate of drug-likeness (QED) is 0.433. The van der Waals surface area contributed by atoms with Crippen LogP contribution in [0.5, 0.6) is 0 Å². The second kappa shape index (κ2) is 9.70. The van der Waals surface area contributed by atoms with Gasteiger partial charge in [-0.2, -0.15) is 0 Å². The van der Waals surface area contributed by atoms with Crippen molar-refractivity contribution in [3.63, 3.8) is 0 Å². The SMILES string of the molecule is CON(C(=O)O)c1nc(C(C)C)c(Sc2cc(Cl)cc(Cl)c2)n1Cc1ccncc1. The number of nitrogens with zero attached hydrogens (tertiary/aromatic N) is 4. The molecule has 0 fully saturated rings. The minimum atomic E-state index is -1.27. The zero-order valence-electron chi connectivity index (χ0n) is 16.5. The van der Waals surface area contributed by atoms with Gasteiger partial charge in [-0.3, -0.25) is 14.4 Å².